The van der Waals surface area contributed by atoms with Crippen molar-refractivity contribution in [3.8, 4) is 11.3 Å². The molecule has 1 N–H and O–H groups in total. The fourth-order valence-corrected chi connectivity index (χ4v) is 2.35. The van der Waals surface area contributed by atoms with Crippen LogP contribution in [0.25, 0.3) is 11.3 Å². The van der Waals surface area contributed by atoms with Crippen molar-refractivity contribution < 1.29 is 9.42 Å². The summed E-state index contributed by atoms with van der Waals surface area (Å²) in [6, 6.07) is 12.5. The maximum Gasteiger partial charge on any atom is 0.257 e. The molecule has 1 heterocycles. The molecule has 1 aromatic heterocycles. The zero-order valence-corrected chi connectivity index (χ0v) is 13.4. The molecule has 0 aliphatic carbocycles. The number of aryl methyl sites for hydroxylation is 2. The van der Waals surface area contributed by atoms with E-state index in [4.69, 9.17) is 16.2 Å². The number of hydrogen-bond donors (Lipinski definition) is 1. The van der Waals surface area contributed by atoms with Crippen LogP contribution in [0.2, 0.25) is 5.02 Å². The first-order valence-corrected chi connectivity index (χ1v) is 7.39. The number of rotatable bonds is 3. The summed E-state index contributed by atoms with van der Waals surface area (Å²) in [6.07, 6.45) is 0. The Hall–Kier alpha value is -2.66. The molecule has 116 valence electrons. The second kappa shape index (κ2) is 6.22. The van der Waals surface area contributed by atoms with Crippen LogP contribution in [0.1, 0.15) is 21.5 Å². The maximum absolute atomic E-state index is 12.3. The Morgan fingerprint density at radius 1 is 1.09 bits per heavy atom. The van der Waals surface area contributed by atoms with Gasteiger partial charge >= 0.3 is 0 Å². The van der Waals surface area contributed by atoms with Crippen molar-refractivity contribution in [2.75, 3.05) is 5.32 Å². The Kier molecular flexibility index (Phi) is 4.12. The first-order chi connectivity index (χ1) is 11.0. The zero-order valence-electron chi connectivity index (χ0n) is 12.6. The van der Waals surface area contributed by atoms with Crippen LogP contribution in [0, 0.1) is 13.8 Å². The van der Waals surface area contributed by atoms with Gasteiger partial charge < -0.3 is 5.32 Å². The summed E-state index contributed by atoms with van der Waals surface area (Å²) in [4.78, 5) is 12.3. The van der Waals surface area contributed by atoms with Crippen molar-refractivity contribution in [3.05, 3.63) is 64.2 Å². The zero-order chi connectivity index (χ0) is 16.4. The lowest BCUT2D eigenvalue weighted by Gasteiger charge is -2.05. The molecule has 0 saturated heterocycles. The molecule has 23 heavy (non-hydrogen) atoms. The molecular weight excluding hydrogens is 314 g/mol. The number of anilines is 1. The standard InChI is InChI=1S/C17H14ClN3O2/c1-10-6-7-12(8-11(10)2)15-16(21-23-20-15)19-17(22)13-4-3-5-14(18)9-13/h3-9H,1-2H3,(H,19,21,22). The lowest BCUT2D eigenvalue weighted by molar-refractivity contribution is 0.102. The molecule has 3 aromatic rings. The lowest BCUT2D eigenvalue weighted by atomic mass is 10.0. The minimum atomic E-state index is -0.326. The molecule has 0 saturated carbocycles. The lowest BCUT2D eigenvalue weighted by Crippen LogP contribution is -2.12. The van der Waals surface area contributed by atoms with Crippen molar-refractivity contribution in [1.82, 2.24) is 10.3 Å². The van der Waals surface area contributed by atoms with E-state index in [-0.39, 0.29) is 11.7 Å². The summed E-state index contributed by atoms with van der Waals surface area (Å²) in [5.41, 5.74) is 4.05. The van der Waals surface area contributed by atoms with Crippen molar-refractivity contribution in [2.24, 2.45) is 0 Å². The second-order valence-corrected chi connectivity index (χ2v) is 5.66. The first-order valence-electron chi connectivity index (χ1n) is 7.01. The quantitative estimate of drug-likeness (QED) is 0.780. The van der Waals surface area contributed by atoms with Crippen LogP contribution < -0.4 is 5.32 Å². The van der Waals surface area contributed by atoms with Crippen LogP contribution in [0.5, 0.6) is 0 Å². The predicted octanol–water partition coefficient (Wildman–Crippen LogP) is 4.26. The summed E-state index contributed by atoms with van der Waals surface area (Å²) >= 11 is 5.90. The Morgan fingerprint density at radius 2 is 1.91 bits per heavy atom. The monoisotopic (exact) mass is 327 g/mol. The highest BCUT2D eigenvalue weighted by atomic mass is 35.5. The summed E-state index contributed by atoms with van der Waals surface area (Å²) in [7, 11) is 0. The third-order valence-electron chi connectivity index (χ3n) is 3.59. The van der Waals surface area contributed by atoms with Crippen LogP contribution >= 0.6 is 11.6 Å². The number of carbonyl (C=O) groups excluding carboxylic acids is 1. The maximum atomic E-state index is 12.3. The highest BCUT2D eigenvalue weighted by Crippen LogP contribution is 2.26. The molecule has 0 aliphatic rings. The van der Waals surface area contributed by atoms with Crippen molar-refractivity contribution in [2.45, 2.75) is 13.8 Å². The fraction of sp³-hybridized carbons (Fsp3) is 0.118. The number of aromatic nitrogens is 2. The average molecular weight is 328 g/mol. The molecule has 3 rings (SSSR count). The van der Waals surface area contributed by atoms with Gasteiger partial charge in [-0.3, -0.25) is 4.79 Å². The molecule has 6 heteroatoms. The number of amides is 1. The van der Waals surface area contributed by atoms with Gasteiger partial charge in [0.2, 0.25) is 5.82 Å². The molecule has 1 amide bonds. The van der Waals surface area contributed by atoms with Gasteiger partial charge in [0.05, 0.1) is 0 Å². The Labute approximate surface area is 138 Å². The minimum absolute atomic E-state index is 0.276. The first kappa shape index (κ1) is 15.2. The predicted molar refractivity (Wildman–Crippen MR) is 88.6 cm³/mol. The van der Waals surface area contributed by atoms with Gasteiger partial charge in [-0.05, 0) is 59.6 Å². The van der Waals surface area contributed by atoms with Gasteiger partial charge in [-0.25, -0.2) is 4.63 Å². The molecule has 0 spiro atoms. The molecule has 2 aromatic carbocycles. The van der Waals surface area contributed by atoms with Crippen LogP contribution in [-0.4, -0.2) is 16.2 Å². The van der Waals surface area contributed by atoms with Crippen molar-refractivity contribution >= 4 is 23.3 Å². The van der Waals surface area contributed by atoms with E-state index in [9.17, 15) is 4.79 Å². The molecular formula is C17H14ClN3O2. The van der Waals surface area contributed by atoms with Gasteiger partial charge in [0, 0.05) is 16.1 Å². The van der Waals surface area contributed by atoms with E-state index in [1.807, 2.05) is 32.0 Å². The van der Waals surface area contributed by atoms with Gasteiger partial charge in [-0.2, -0.15) is 0 Å². The summed E-state index contributed by atoms with van der Waals surface area (Å²) in [6.45, 7) is 4.04. The normalized spacial score (nSPS) is 10.6. The fourth-order valence-electron chi connectivity index (χ4n) is 2.16. The van der Waals surface area contributed by atoms with Gasteiger partial charge in [0.15, 0.2) is 5.69 Å². The van der Waals surface area contributed by atoms with E-state index in [0.717, 1.165) is 11.1 Å². The third-order valence-corrected chi connectivity index (χ3v) is 3.82. The second-order valence-electron chi connectivity index (χ2n) is 5.22. The largest absolute Gasteiger partial charge is 0.302 e. The van der Waals surface area contributed by atoms with Gasteiger partial charge in [0.25, 0.3) is 5.91 Å². The van der Waals surface area contributed by atoms with E-state index in [1.54, 1.807) is 24.3 Å². The Bertz CT molecular complexity index is 874. The Balaban J connectivity index is 1.89. The average Bonchev–Trinajstić information content (AvgIpc) is 2.98. The van der Waals surface area contributed by atoms with Crippen LogP contribution in [0.4, 0.5) is 5.82 Å². The van der Waals surface area contributed by atoms with E-state index < -0.39 is 0 Å². The van der Waals surface area contributed by atoms with Crippen molar-refractivity contribution in [1.29, 1.82) is 0 Å². The van der Waals surface area contributed by atoms with E-state index in [1.165, 1.54) is 5.56 Å². The number of nitrogens with one attached hydrogen (secondary N) is 1. The summed E-state index contributed by atoms with van der Waals surface area (Å²) < 4.78 is 4.79. The number of halogens is 1. The van der Waals surface area contributed by atoms with E-state index >= 15 is 0 Å². The van der Waals surface area contributed by atoms with Gasteiger partial charge in [-0.1, -0.05) is 29.8 Å². The van der Waals surface area contributed by atoms with Crippen LogP contribution in [0.3, 0.4) is 0 Å². The molecule has 0 aliphatic heterocycles. The number of nitrogens with zero attached hydrogens (tertiary/aromatic N) is 2. The number of benzene rings is 2. The SMILES string of the molecule is Cc1ccc(-c2nonc2NC(=O)c2cccc(Cl)c2)cc1C. The molecule has 0 atom stereocenters. The topological polar surface area (TPSA) is 68.0 Å². The minimum Gasteiger partial charge on any atom is -0.302 e. The highest BCUT2D eigenvalue weighted by molar-refractivity contribution is 6.31. The Morgan fingerprint density at radius 3 is 2.65 bits per heavy atom. The van der Waals surface area contributed by atoms with Crippen molar-refractivity contribution in [3.63, 3.8) is 0 Å². The van der Waals surface area contributed by atoms with Gasteiger partial charge in [0.1, 0.15) is 0 Å². The number of hydrogen-bond acceptors (Lipinski definition) is 4. The molecule has 0 fully saturated rings. The number of carbonyl (C=O) groups is 1. The summed E-state index contributed by atoms with van der Waals surface area (Å²) in [5, 5.41) is 10.9. The van der Waals surface area contributed by atoms with E-state index in [2.05, 4.69) is 15.6 Å². The highest BCUT2D eigenvalue weighted by Gasteiger charge is 2.16. The smallest absolute Gasteiger partial charge is 0.257 e. The van der Waals surface area contributed by atoms with Gasteiger partial charge in [-0.15, -0.1) is 0 Å². The molecule has 5 nitrogen and oxygen atoms in total. The summed E-state index contributed by atoms with van der Waals surface area (Å²) in [5.74, 6) is -0.0495. The van der Waals surface area contributed by atoms with E-state index in [0.29, 0.717) is 16.3 Å². The van der Waals surface area contributed by atoms with Crippen LogP contribution in [-0.2, 0) is 0 Å². The molecule has 0 bridgehead atoms. The van der Waals surface area contributed by atoms with Crippen LogP contribution in [0.15, 0.2) is 47.1 Å². The molecule has 0 radical (unpaired) electrons. The molecule has 0 unspecified atom stereocenters. The third kappa shape index (κ3) is 3.24.